The summed E-state index contributed by atoms with van der Waals surface area (Å²) >= 11 is 6.11. The summed E-state index contributed by atoms with van der Waals surface area (Å²) in [4.78, 5) is 12.9. The van der Waals surface area contributed by atoms with Crippen LogP contribution in [0.15, 0.2) is 17.9 Å². The molecule has 0 unspecified atom stereocenters. The number of amides is 1. The molecule has 0 radical (unpaired) electrons. The lowest BCUT2D eigenvalue weighted by Crippen LogP contribution is -2.46. The minimum absolute atomic E-state index is 0.174. The van der Waals surface area contributed by atoms with Gasteiger partial charge in [-0.3, -0.25) is 4.79 Å². The highest BCUT2D eigenvalue weighted by atomic mass is 35.5. The van der Waals surface area contributed by atoms with Gasteiger partial charge < -0.3 is 14.2 Å². The van der Waals surface area contributed by atoms with Crippen LogP contribution in [-0.2, 0) is 19.1 Å². The number of hydrogen-bond acceptors (Lipinski definition) is 5. The molecular weight excluding hydrogens is 378 g/mol. The summed E-state index contributed by atoms with van der Waals surface area (Å²) in [5, 5.41) is 3.46. The van der Waals surface area contributed by atoms with E-state index in [9.17, 15) is 13.2 Å². The molecule has 1 heterocycles. The van der Waals surface area contributed by atoms with Gasteiger partial charge in [0.1, 0.15) is 11.3 Å². The highest BCUT2D eigenvalue weighted by Crippen LogP contribution is 2.46. The van der Waals surface area contributed by atoms with Crippen molar-refractivity contribution < 1.29 is 22.1 Å². The second-order valence-electron chi connectivity index (χ2n) is 6.89. The van der Waals surface area contributed by atoms with Crippen molar-refractivity contribution in [2.75, 3.05) is 13.4 Å². The summed E-state index contributed by atoms with van der Waals surface area (Å²) in [6.07, 6.45) is 5.09. The van der Waals surface area contributed by atoms with Gasteiger partial charge in [-0.25, -0.2) is 0 Å². The van der Waals surface area contributed by atoms with Gasteiger partial charge in [0.15, 0.2) is 5.76 Å². The number of carbonyl (C=O) groups is 1. The van der Waals surface area contributed by atoms with Crippen LogP contribution in [0.5, 0.6) is 5.75 Å². The fourth-order valence-electron chi connectivity index (χ4n) is 3.88. The van der Waals surface area contributed by atoms with Crippen LogP contribution in [0.3, 0.4) is 0 Å². The van der Waals surface area contributed by atoms with Gasteiger partial charge in [0.05, 0.1) is 18.9 Å². The van der Waals surface area contributed by atoms with E-state index in [4.69, 9.17) is 20.5 Å². The van der Waals surface area contributed by atoms with Crippen LogP contribution in [0.25, 0.3) is 5.57 Å². The summed E-state index contributed by atoms with van der Waals surface area (Å²) in [5.74, 6) is 0.227. The van der Waals surface area contributed by atoms with Crippen LogP contribution in [0.2, 0.25) is 5.02 Å². The average molecular weight is 400 g/mol. The second-order valence-corrected chi connectivity index (χ2v) is 8.90. The molecule has 1 N–H and O–H groups in total. The van der Waals surface area contributed by atoms with Gasteiger partial charge in [-0.2, -0.15) is 8.42 Å². The molecule has 1 amide bonds. The molecule has 1 aliphatic carbocycles. The Morgan fingerprint density at radius 2 is 1.85 bits per heavy atom. The molecule has 0 bridgehead atoms. The number of nitrogens with one attached hydrogen (secondary N) is 1. The SMILES string of the molecule is COc1cc(Cl)cc(C)c1C1=C(OS(C)(=O)=O)C2(CCCCC2)NC1=O. The van der Waals surface area contributed by atoms with Crippen LogP contribution in [0.4, 0.5) is 0 Å². The van der Waals surface area contributed by atoms with Gasteiger partial charge in [-0.15, -0.1) is 0 Å². The van der Waals surface area contributed by atoms with Crippen molar-refractivity contribution in [2.45, 2.75) is 44.6 Å². The monoisotopic (exact) mass is 399 g/mol. The van der Waals surface area contributed by atoms with Crippen molar-refractivity contribution in [3.63, 3.8) is 0 Å². The zero-order valence-corrected chi connectivity index (χ0v) is 16.6. The van der Waals surface area contributed by atoms with E-state index < -0.39 is 15.7 Å². The highest BCUT2D eigenvalue weighted by molar-refractivity contribution is 7.86. The van der Waals surface area contributed by atoms with Crippen LogP contribution in [0, 0.1) is 6.92 Å². The van der Waals surface area contributed by atoms with E-state index in [-0.39, 0.29) is 17.2 Å². The first-order valence-electron chi connectivity index (χ1n) is 8.48. The molecular formula is C18H22ClNO5S. The maximum absolute atomic E-state index is 12.9. The van der Waals surface area contributed by atoms with E-state index in [1.165, 1.54) is 7.11 Å². The van der Waals surface area contributed by atoms with E-state index >= 15 is 0 Å². The molecule has 1 spiro atoms. The van der Waals surface area contributed by atoms with Crippen LogP contribution < -0.4 is 10.1 Å². The summed E-state index contributed by atoms with van der Waals surface area (Å²) in [5.41, 5.74) is 0.644. The maximum Gasteiger partial charge on any atom is 0.306 e. The first-order chi connectivity index (χ1) is 12.2. The van der Waals surface area contributed by atoms with Gasteiger partial charge >= 0.3 is 10.1 Å². The number of rotatable bonds is 4. The third-order valence-corrected chi connectivity index (χ3v) is 5.61. The van der Waals surface area contributed by atoms with Crippen molar-refractivity contribution in [3.05, 3.63) is 34.0 Å². The van der Waals surface area contributed by atoms with Crippen LogP contribution in [-0.4, -0.2) is 33.2 Å². The summed E-state index contributed by atoms with van der Waals surface area (Å²) in [6.45, 7) is 1.80. The lowest BCUT2D eigenvalue weighted by Gasteiger charge is -2.34. The number of halogens is 1. The average Bonchev–Trinajstić information content (AvgIpc) is 2.77. The summed E-state index contributed by atoms with van der Waals surface area (Å²) in [6, 6.07) is 3.32. The zero-order valence-electron chi connectivity index (χ0n) is 15.0. The Kier molecular flexibility index (Phi) is 4.96. The third-order valence-electron chi connectivity index (χ3n) is 4.92. The van der Waals surface area contributed by atoms with E-state index in [1.807, 2.05) is 0 Å². The Labute approximate surface area is 158 Å². The minimum Gasteiger partial charge on any atom is -0.496 e. The van der Waals surface area contributed by atoms with Crippen molar-refractivity contribution in [1.82, 2.24) is 5.32 Å². The van der Waals surface area contributed by atoms with E-state index in [0.717, 1.165) is 25.5 Å². The summed E-state index contributed by atoms with van der Waals surface area (Å²) < 4.78 is 34.7. The Bertz CT molecular complexity index is 885. The normalized spacial score (nSPS) is 19.6. The smallest absolute Gasteiger partial charge is 0.306 e. The lowest BCUT2D eigenvalue weighted by molar-refractivity contribution is -0.116. The summed E-state index contributed by atoms with van der Waals surface area (Å²) in [7, 11) is -2.32. The van der Waals surface area contributed by atoms with Crippen LogP contribution >= 0.6 is 11.6 Å². The van der Waals surface area contributed by atoms with E-state index in [1.54, 1.807) is 19.1 Å². The molecule has 0 atom stereocenters. The van der Waals surface area contributed by atoms with Crippen molar-refractivity contribution in [1.29, 1.82) is 0 Å². The zero-order chi connectivity index (χ0) is 19.1. The molecule has 6 nitrogen and oxygen atoms in total. The first-order valence-corrected chi connectivity index (χ1v) is 10.7. The highest BCUT2D eigenvalue weighted by Gasteiger charge is 2.49. The predicted octanol–water partition coefficient (Wildman–Crippen LogP) is 3.18. The Morgan fingerprint density at radius 3 is 2.42 bits per heavy atom. The molecule has 1 aliphatic heterocycles. The van der Waals surface area contributed by atoms with E-state index in [0.29, 0.717) is 34.7 Å². The molecule has 1 aromatic rings. The molecule has 3 rings (SSSR count). The molecule has 1 saturated carbocycles. The Morgan fingerprint density at radius 1 is 1.19 bits per heavy atom. The Hall–Kier alpha value is -1.73. The number of aryl methyl sites for hydroxylation is 1. The van der Waals surface area contributed by atoms with E-state index in [2.05, 4.69) is 5.32 Å². The molecule has 8 heteroatoms. The molecule has 142 valence electrons. The fraction of sp³-hybridized carbons (Fsp3) is 0.500. The number of carbonyl (C=O) groups excluding carboxylic acids is 1. The second kappa shape index (κ2) is 6.78. The van der Waals surface area contributed by atoms with Crippen LogP contribution in [0.1, 0.15) is 43.2 Å². The van der Waals surface area contributed by atoms with Crippen molar-refractivity contribution in [3.8, 4) is 5.75 Å². The first kappa shape index (κ1) is 19.0. The topological polar surface area (TPSA) is 81.7 Å². The number of methoxy groups -OCH3 is 1. The number of ether oxygens (including phenoxy) is 1. The van der Waals surface area contributed by atoms with Crippen molar-refractivity contribution >= 4 is 33.2 Å². The fourth-order valence-corrected chi connectivity index (χ4v) is 4.69. The van der Waals surface area contributed by atoms with Gasteiger partial charge in [0, 0.05) is 10.6 Å². The number of benzene rings is 1. The molecule has 2 aliphatic rings. The molecule has 1 aromatic carbocycles. The Balaban J connectivity index is 2.28. The predicted molar refractivity (Wildman–Crippen MR) is 99.5 cm³/mol. The molecule has 0 saturated heterocycles. The molecule has 1 fully saturated rings. The standard InChI is InChI=1S/C18H22ClNO5S/c1-11-9-12(19)10-13(24-2)14(11)15-16(25-26(3,22)23)18(20-17(15)21)7-5-4-6-8-18/h9-10H,4-8H2,1-3H3,(H,20,21). The molecule has 0 aromatic heterocycles. The van der Waals surface area contributed by atoms with Gasteiger partial charge in [0.2, 0.25) is 0 Å². The van der Waals surface area contributed by atoms with Gasteiger partial charge in [0.25, 0.3) is 5.91 Å². The largest absolute Gasteiger partial charge is 0.496 e. The van der Waals surface area contributed by atoms with Crippen molar-refractivity contribution in [2.24, 2.45) is 0 Å². The lowest BCUT2D eigenvalue weighted by atomic mass is 9.80. The van der Waals surface area contributed by atoms with Gasteiger partial charge in [-0.1, -0.05) is 30.9 Å². The maximum atomic E-state index is 12.9. The number of hydrogen-bond donors (Lipinski definition) is 1. The quantitative estimate of drug-likeness (QED) is 0.786. The molecule has 26 heavy (non-hydrogen) atoms. The third kappa shape index (κ3) is 3.42. The van der Waals surface area contributed by atoms with Gasteiger partial charge in [-0.05, 0) is 37.5 Å². The minimum atomic E-state index is -3.80.